The van der Waals surface area contributed by atoms with Gasteiger partial charge >= 0.3 is 5.97 Å². The lowest BCUT2D eigenvalue weighted by Crippen LogP contribution is -2.51. The molecule has 0 radical (unpaired) electrons. The molecule has 8 heteroatoms. The molecule has 1 fully saturated rings. The highest BCUT2D eigenvalue weighted by Crippen LogP contribution is 2.46. The molecule has 35 heavy (non-hydrogen) atoms. The van der Waals surface area contributed by atoms with Gasteiger partial charge in [0.05, 0.1) is 38.2 Å². The quantitative estimate of drug-likeness (QED) is 0.389. The maximum atomic E-state index is 13.9. The van der Waals surface area contributed by atoms with Gasteiger partial charge in [-0.25, -0.2) is 0 Å². The van der Waals surface area contributed by atoms with Gasteiger partial charge in [0.25, 0.3) is 0 Å². The van der Waals surface area contributed by atoms with Gasteiger partial charge in [0.1, 0.15) is 11.8 Å². The smallest absolute Gasteiger partial charge is 0.310 e. The second-order valence-electron chi connectivity index (χ2n) is 9.71. The lowest BCUT2D eigenvalue weighted by Gasteiger charge is -2.34. The van der Waals surface area contributed by atoms with Gasteiger partial charge in [-0.15, -0.1) is 0 Å². The molecule has 1 saturated heterocycles. The molecular formula is C27H38N2O6. The van der Waals surface area contributed by atoms with Crippen molar-refractivity contribution < 1.29 is 29.0 Å². The normalized spacial score (nSPS) is 26.4. The Morgan fingerprint density at radius 1 is 1.14 bits per heavy atom. The van der Waals surface area contributed by atoms with E-state index in [-0.39, 0.29) is 36.9 Å². The fraction of sp³-hybridized carbons (Fsp3) is 0.593. The molecule has 2 N–H and O–H groups in total. The number of ether oxygens (including phenoxy) is 2. The molecule has 0 saturated carbocycles. The Morgan fingerprint density at radius 3 is 2.37 bits per heavy atom. The number of nitrogens with one attached hydrogen (secondary N) is 1. The van der Waals surface area contributed by atoms with Crippen LogP contribution >= 0.6 is 0 Å². The van der Waals surface area contributed by atoms with E-state index in [0.717, 1.165) is 0 Å². The molecule has 0 spiro atoms. The number of likely N-dealkylation sites (tertiary alicyclic amines) is 1. The Bertz CT molecular complexity index is 928. The van der Waals surface area contributed by atoms with E-state index in [4.69, 9.17) is 9.47 Å². The number of carbonyl (C=O) groups excluding carboxylic acids is 3. The number of benzene rings is 1. The SMILES string of the molecule is CCOC(=O)[C@H]1[C@@H]2C(=O)N([C@@H](CO)CC(C)C)[C@H](C(=O)Nc3ccc(OC)cc3)[C@H]2C=C[C@H]1CC. The predicted octanol–water partition coefficient (Wildman–Crippen LogP) is 3.26. The molecule has 0 unspecified atom stereocenters. The number of allylic oxidation sites excluding steroid dienone is 1. The molecule has 0 aromatic heterocycles. The van der Waals surface area contributed by atoms with E-state index >= 15 is 0 Å². The Morgan fingerprint density at radius 2 is 1.83 bits per heavy atom. The summed E-state index contributed by atoms with van der Waals surface area (Å²) in [6.07, 6.45) is 5.08. The first-order chi connectivity index (χ1) is 16.8. The second-order valence-corrected chi connectivity index (χ2v) is 9.71. The summed E-state index contributed by atoms with van der Waals surface area (Å²) in [6.45, 7) is 7.70. The number of anilines is 1. The first kappa shape index (κ1) is 26.7. The Hall–Kier alpha value is -2.87. The van der Waals surface area contributed by atoms with E-state index < -0.39 is 35.8 Å². The minimum Gasteiger partial charge on any atom is -0.497 e. The number of aliphatic hydroxyl groups excluding tert-OH is 1. The number of methoxy groups -OCH3 is 1. The van der Waals surface area contributed by atoms with E-state index in [9.17, 15) is 19.5 Å². The molecular weight excluding hydrogens is 448 g/mol. The molecule has 2 amide bonds. The number of amides is 2. The van der Waals surface area contributed by atoms with Crippen LogP contribution in [0.1, 0.15) is 40.5 Å². The highest BCUT2D eigenvalue weighted by molar-refractivity contribution is 6.01. The molecule has 1 aliphatic heterocycles. The van der Waals surface area contributed by atoms with Gasteiger partial charge in [0, 0.05) is 11.6 Å². The summed E-state index contributed by atoms with van der Waals surface area (Å²) in [5, 5.41) is 13.2. The molecule has 3 rings (SSSR count). The van der Waals surface area contributed by atoms with Crippen molar-refractivity contribution in [3.05, 3.63) is 36.4 Å². The number of hydrogen-bond donors (Lipinski definition) is 2. The van der Waals surface area contributed by atoms with Gasteiger partial charge in [0.15, 0.2) is 0 Å². The van der Waals surface area contributed by atoms with Gasteiger partial charge in [-0.1, -0.05) is 32.9 Å². The number of nitrogens with zero attached hydrogens (tertiary/aromatic N) is 1. The number of fused-ring (bicyclic) bond motifs is 1. The van der Waals surface area contributed by atoms with Crippen LogP contribution in [0.15, 0.2) is 36.4 Å². The highest BCUT2D eigenvalue weighted by Gasteiger charge is 2.58. The van der Waals surface area contributed by atoms with Crippen molar-refractivity contribution in [3.63, 3.8) is 0 Å². The minimum absolute atomic E-state index is 0.151. The van der Waals surface area contributed by atoms with Crippen LogP contribution in [-0.4, -0.2) is 60.2 Å². The van der Waals surface area contributed by atoms with E-state index in [0.29, 0.717) is 24.3 Å². The molecule has 0 bridgehead atoms. The first-order valence-corrected chi connectivity index (χ1v) is 12.5. The molecule has 1 heterocycles. The van der Waals surface area contributed by atoms with Gasteiger partial charge < -0.3 is 24.8 Å². The van der Waals surface area contributed by atoms with Crippen LogP contribution in [0, 0.1) is 29.6 Å². The zero-order valence-corrected chi connectivity index (χ0v) is 21.3. The predicted molar refractivity (Wildman–Crippen MR) is 133 cm³/mol. The van der Waals surface area contributed by atoms with Crippen LogP contribution < -0.4 is 10.1 Å². The first-order valence-electron chi connectivity index (χ1n) is 12.5. The molecule has 1 aliphatic carbocycles. The molecule has 1 aromatic carbocycles. The Balaban J connectivity index is 2.02. The maximum absolute atomic E-state index is 13.9. The summed E-state index contributed by atoms with van der Waals surface area (Å²) in [4.78, 5) is 42.2. The van der Waals surface area contributed by atoms with Crippen LogP contribution in [0.25, 0.3) is 0 Å². The lowest BCUT2D eigenvalue weighted by molar-refractivity contribution is -0.156. The summed E-state index contributed by atoms with van der Waals surface area (Å²) in [6, 6.07) is 5.58. The van der Waals surface area contributed by atoms with Crippen molar-refractivity contribution in [2.24, 2.45) is 29.6 Å². The number of rotatable bonds is 10. The number of carbonyl (C=O) groups is 3. The van der Waals surface area contributed by atoms with Gasteiger partial charge in [-0.2, -0.15) is 0 Å². The average Bonchev–Trinajstić information content (AvgIpc) is 3.14. The fourth-order valence-corrected chi connectivity index (χ4v) is 5.50. The van der Waals surface area contributed by atoms with Gasteiger partial charge in [0.2, 0.25) is 11.8 Å². The van der Waals surface area contributed by atoms with Crippen LogP contribution in [0.5, 0.6) is 5.75 Å². The van der Waals surface area contributed by atoms with Crippen molar-refractivity contribution in [1.82, 2.24) is 4.90 Å². The van der Waals surface area contributed by atoms with Crippen LogP contribution in [0.4, 0.5) is 5.69 Å². The standard InChI is InChI=1S/C27H38N2O6/c1-6-17-8-13-21-23(22(17)27(33)35-7-2)26(32)29(19(15-30)14-16(3)4)24(21)25(31)28-18-9-11-20(34-5)12-10-18/h8-13,16-17,19,21-24,30H,6-7,14-15H2,1-5H3,(H,28,31)/t17-,19-,21+,22-,23-,24+/m1/s1. The van der Waals surface area contributed by atoms with Gasteiger partial charge in [-0.05, 0) is 55.9 Å². The molecule has 8 nitrogen and oxygen atoms in total. The zero-order chi connectivity index (χ0) is 25.7. The largest absolute Gasteiger partial charge is 0.497 e. The van der Waals surface area contributed by atoms with Crippen molar-refractivity contribution in [3.8, 4) is 5.75 Å². The zero-order valence-electron chi connectivity index (χ0n) is 21.3. The lowest BCUT2D eigenvalue weighted by atomic mass is 9.69. The third-order valence-corrected chi connectivity index (χ3v) is 7.05. The number of hydrogen-bond acceptors (Lipinski definition) is 6. The summed E-state index contributed by atoms with van der Waals surface area (Å²) < 4.78 is 10.6. The van der Waals surface area contributed by atoms with Crippen molar-refractivity contribution >= 4 is 23.5 Å². The molecule has 2 aliphatic rings. The third-order valence-electron chi connectivity index (χ3n) is 7.05. The van der Waals surface area contributed by atoms with Crippen molar-refractivity contribution in [2.75, 3.05) is 25.6 Å². The van der Waals surface area contributed by atoms with E-state index in [1.165, 1.54) is 4.90 Å². The second kappa shape index (κ2) is 11.7. The summed E-state index contributed by atoms with van der Waals surface area (Å²) >= 11 is 0. The van der Waals surface area contributed by atoms with Crippen LogP contribution in [0.2, 0.25) is 0 Å². The molecule has 6 atom stereocenters. The van der Waals surface area contributed by atoms with E-state index in [2.05, 4.69) is 5.32 Å². The number of aliphatic hydroxyl groups is 1. The Kier molecular flexibility index (Phi) is 8.94. The molecule has 192 valence electrons. The highest BCUT2D eigenvalue weighted by atomic mass is 16.5. The monoisotopic (exact) mass is 486 g/mol. The minimum atomic E-state index is -0.850. The molecule has 1 aromatic rings. The fourth-order valence-electron chi connectivity index (χ4n) is 5.50. The van der Waals surface area contributed by atoms with Gasteiger partial charge in [-0.3, -0.25) is 14.4 Å². The van der Waals surface area contributed by atoms with E-state index in [1.54, 1.807) is 38.3 Å². The number of esters is 1. The van der Waals surface area contributed by atoms with Crippen LogP contribution in [0.3, 0.4) is 0 Å². The van der Waals surface area contributed by atoms with Crippen molar-refractivity contribution in [2.45, 2.75) is 52.6 Å². The summed E-state index contributed by atoms with van der Waals surface area (Å²) in [7, 11) is 1.57. The summed E-state index contributed by atoms with van der Waals surface area (Å²) in [5.74, 6) is -2.19. The van der Waals surface area contributed by atoms with Crippen LogP contribution in [-0.2, 0) is 19.1 Å². The average molecular weight is 487 g/mol. The Labute approximate surface area is 207 Å². The third kappa shape index (κ3) is 5.53. The summed E-state index contributed by atoms with van der Waals surface area (Å²) in [5.41, 5.74) is 0.573. The topological polar surface area (TPSA) is 105 Å². The maximum Gasteiger partial charge on any atom is 0.310 e. The van der Waals surface area contributed by atoms with E-state index in [1.807, 2.05) is 32.9 Å². The van der Waals surface area contributed by atoms with Crippen molar-refractivity contribution in [1.29, 1.82) is 0 Å².